The van der Waals surface area contributed by atoms with E-state index in [-0.39, 0.29) is 5.91 Å². The molecule has 0 spiro atoms. The van der Waals surface area contributed by atoms with Crippen molar-refractivity contribution in [3.05, 3.63) is 65.9 Å². The number of nitrogens with one attached hydrogen (secondary N) is 3. The highest BCUT2D eigenvalue weighted by molar-refractivity contribution is 6.00. The molecule has 0 aliphatic carbocycles. The van der Waals surface area contributed by atoms with E-state index in [4.69, 9.17) is 4.74 Å². The van der Waals surface area contributed by atoms with Gasteiger partial charge in [0.15, 0.2) is 0 Å². The minimum absolute atomic E-state index is 0.341. The largest absolute Gasteiger partial charge is 0.488 e. The van der Waals surface area contributed by atoms with Gasteiger partial charge in [-0.15, -0.1) is 0 Å². The number of H-pyrrole nitrogens is 1. The molecule has 2 amide bonds. The first kappa shape index (κ1) is 15.6. The first-order valence-corrected chi connectivity index (χ1v) is 7.49. The van der Waals surface area contributed by atoms with Gasteiger partial charge in [-0.05, 0) is 23.8 Å². The molecule has 1 heterocycles. The van der Waals surface area contributed by atoms with Gasteiger partial charge in [0.2, 0.25) is 5.91 Å². The van der Waals surface area contributed by atoms with E-state index < -0.39 is 5.91 Å². The van der Waals surface area contributed by atoms with Gasteiger partial charge in [-0.25, -0.2) is 0 Å². The summed E-state index contributed by atoms with van der Waals surface area (Å²) in [6.45, 7) is 1.76. The van der Waals surface area contributed by atoms with Gasteiger partial charge in [-0.1, -0.05) is 36.4 Å². The van der Waals surface area contributed by atoms with Gasteiger partial charge in [0.25, 0.3) is 5.91 Å². The second-order valence-electron chi connectivity index (χ2n) is 5.31. The van der Waals surface area contributed by atoms with Gasteiger partial charge in [-0.3, -0.25) is 20.4 Å². The van der Waals surface area contributed by atoms with Gasteiger partial charge >= 0.3 is 0 Å². The number of aromatic amines is 1. The summed E-state index contributed by atoms with van der Waals surface area (Å²) in [6, 6.07) is 17.1. The molecule has 3 N–H and O–H groups in total. The second kappa shape index (κ2) is 6.87. The zero-order chi connectivity index (χ0) is 16.9. The summed E-state index contributed by atoms with van der Waals surface area (Å²) in [5, 5.41) is 0.807. The Morgan fingerprint density at radius 1 is 1.04 bits per heavy atom. The monoisotopic (exact) mass is 323 g/mol. The van der Waals surface area contributed by atoms with Crippen LogP contribution in [0.5, 0.6) is 5.75 Å². The Balaban J connectivity index is 1.79. The number of hydrogen-bond acceptors (Lipinski definition) is 3. The molecular weight excluding hydrogens is 306 g/mol. The molecule has 0 fully saturated rings. The van der Waals surface area contributed by atoms with Crippen LogP contribution in [0, 0.1) is 0 Å². The summed E-state index contributed by atoms with van der Waals surface area (Å²) in [4.78, 5) is 25.9. The van der Waals surface area contributed by atoms with E-state index in [0.29, 0.717) is 18.1 Å². The predicted octanol–water partition coefficient (Wildman–Crippen LogP) is 2.53. The van der Waals surface area contributed by atoms with Crippen LogP contribution >= 0.6 is 0 Å². The molecule has 6 heteroatoms. The first-order valence-electron chi connectivity index (χ1n) is 7.49. The zero-order valence-corrected chi connectivity index (χ0v) is 13.1. The highest BCUT2D eigenvalue weighted by atomic mass is 16.5. The molecule has 0 saturated carbocycles. The van der Waals surface area contributed by atoms with Crippen molar-refractivity contribution in [2.75, 3.05) is 0 Å². The molecule has 2 aromatic carbocycles. The Labute approximate surface area is 138 Å². The molecule has 0 bridgehead atoms. The van der Waals surface area contributed by atoms with Crippen molar-refractivity contribution in [1.82, 2.24) is 15.8 Å². The van der Waals surface area contributed by atoms with Crippen LogP contribution in [-0.2, 0) is 11.4 Å². The van der Waals surface area contributed by atoms with Crippen molar-refractivity contribution < 1.29 is 14.3 Å². The van der Waals surface area contributed by atoms with Crippen LogP contribution in [0.2, 0.25) is 0 Å². The molecule has 0 aliphatic rings. The number of aromatic nitrogens is 1. The molecule has 3 aromatic rings. The van der Waals surface area contributed by atoms with E-state index >= 15 is 0 Å². The summed E-state index contributed by atoms with van der Waals surface area (Å²) in [6.07, 6.45) is 0. The van der Waals surface area contributed by atoms with Crippen molar-refractivity contribution in [1.29, 1.82) is 0 Å². The van der Waals surface area contributed by atoms with Gasteiger partial charge in [0.1, 0.15) is 18.1 Å². The van der Waals surface area contributed by atoms with Crippen LogP contribution in [0.15, 0.2) is 54.6 Å². The number of amides is 2. The smallest absolute Gasteiger partial charge is 0.286 e. The molecule has 122 valence electrons. The number of ether oxygens (including phenoxy) is 1. The number of hydrazine groups is 1. The average molecular weight is 323 g/mol. The number of benzene rings is 2. The Bertz CT molecular complexity index is 872. The molecule has 6 nitrogen and oxygen atoms in total. The molecule has 0 saturated heterocycles. The fraction of sp³-hybridized carbons (Fsp3) is 0.111. The third-order valence-electron chi connectivity index (χ3n) is 3.46. The number of hydrogen-bond donors (Lipinski definition) is 3. The van der Waals surface area contributed by atoms with E-state index in [1.807, 2.05) is 48.5 Å². The quantitative estimate of drug-likeness (QED) is 0.645. The van der Waals surface area contributed by atoms with Crippen LogP contribution in [0.4, 0.5) is 0 Å². The highest BCUT2D eigenvalue weighted by Crippen LogP contribution is 2.27. The third kappa shape index (κ3) is 3.55. The lowest BCUT2D eigenvalue weighted by atomic mass is 10.2. The summed E-state index contributed by atoms with van der Waals surface area (Å²) >= 11 is 0. The van der Waals surface area contributed by atoms with Crippen molar-refractivity contribution in [2.24, 2.45) is 0 Å². The Hall–Kier alpha value is -3.28. The van der Waals surface area contributed by atoms with Crippen molar-refractivity contribution in [3.8, 4) is 5.75 Å². The van der Waals surface area contributed by atoms with Crippen LogP contribution in [0.3, 0.4) is 0 Å². The third-order valence-corrected chi connectivity index (χ3v) is 3.46. The average Bonchev–Trinajstić information content (AvgIpc) is 3.03. The van der Waals surface area contributed by atoms with E-state index in [1.54, 1.807) is 6.07 Å². The maximum atomic E-state index is 12.0. The molecule has 0 aliphatic heterocycles. The Morgan fingerprint density at radius 2 is 1.83 bits per heavy atom. The predicted molar refractivity (Wildman–Crippen MR) is 90.4 cm³/mol. The minimum Gasteiger partial charge on any atom is -0.488 e. The Kier molecular flexibility index (Phi) is 4.47. The van der Waals surface area contributed by atoms with Crippen molar-refractivity contribution >= 4 is 22.7 Å². The maximum Gasteiger partial charge on any atom is 0.286 e. The van der Waals surface area contributed by atoms with E-state index in [9.17, 15) is 9.59 Å². The molecule has 0 radical (unpaired) electrons. The standard InChI is InChI=1S/C18H17N3O3/c1-12(22)20-21-18(23)16-10-14-15(19-16)8-5-9-17(14)24-11-13-6-3-2-4-7-13/h2-10,19H,11H2,1H3,(H,20,22)(H,21,23). The van der Waals surface area contributed by atoms with Gasteiger partial charge in [0, 0.05) is 17.8 Å². The lowest BCUT2D eigenvalue weighted by Gasteiger charge is -2.07. The SMILES string of the molecule is CC(=O)NNC(=O)c1cc2c(OCc3ccccc3)cccc2[nH]1. The number of fused-ring (bicyclic) bond motifs is 1. The van der Waals surface area contributed by atoms with Crippen LogP contribution in [-0.4, -0.2) is 16.8 Å². The first-order chi connectivity index (χ1) is 11.6. The maximum absolute atomic E-state index is 12.0. The van der Waals surface area contributed by atoms with Gasteiger partial charge in [0.05, 0.1) is 0 Å². The van der Waals surface area contributed by atoms with Crippen LogP contribution in [0.25, 0.3) is 10.9 Å². The molecule has 3 rings (SSSR count). The summed E-state index contributed by atoms with van der Waals surface area (Å²) < 4.78 is 5.88. The second-order valence-corrected chi connectivity index (χ2v) is 5.31. The molecule has 0 unspecified atom stereocenters. The van der Waals surface area contributed by atoms with Crippen molar-refractivity contribution in [2.45, 2.75) is 13.5 Å². The lowest BCUT2D eigenvalue weighted by molar-refractivity contribution is -0.119. The lowest BCUT2D eigenvalue weighted by Crippen LogP contribution is -2.40. The van der Waals surface area contributed by atoms with Crippen molar-refractivity contribution in [3.63, 3.8) is 0 Å². The van der Waals surface area contributed by atoms with E-state index in [0.717, 1.165) is 16.5 Å². The summed E-state index contributed by atoms with van der Waals surface area (Å²) in [5.41, 5.74) is 6.78. The summed E-state index contributed by atoms with van der Waals surface area (Å²) in [7, 11) is 0. The number of carbonyl (C=O) groups is 2. The topological polar surface area (TPSA) is 83.2 Å². The minimum atomic E-state index is -0.421. The van der Waals surface area contributed by atoms with E-state index in [1.165, 1.54) is 6.92 Å². The van der Waals surface area contributed by atoms with Crippen LogP contribution < -0.4 is 15.6 Å². The van der Waals surface area contributed by atoms with Gasteiger partial charge in [-0.2, -0.15) is 0 Å². The van der Waals surface area contributed by atoms with Gasteiger partial charge < -0.3 is 9.72 Å². The van der Waals surface area contributed by atoms with E-state index in [2.05, 4.69) is 15.8 Å². The summed E-state index contributed by atoms with van der Waals surface area (Å²) in [5.74, 6) is -0.0760. The highest BCUT2D eigenvalue weighted by Gasteiger charge is 2.12. The number of carbonyl (C=O) groups excluding carboxylic acids is 2. The molecule has 1 aromatic heterocycles. The fourth-order valence-corrected chi connectivity index (χ4v) is 2.32. The molecule has 0 atom stereocenters. The molecule has 24 heavy (non-hydrogen) atoms. The normalized spacial score (nSPS) is 10.4. The molecular formula is C18H17N3O3. The number of rotatable bonds is 4. The fourth-order valence-electron chi connectivity index (χ4n) is 2.32. The Morgan fingerprint density at radius 3 is 2.58 bits per heavy atom. The zero-order valence-electron chi connectivity index (χ0n) is 13.1. The van der Waals surface area contributed by atoms with Crippen LogP contribution in [0.1, 0.15) is 23.0 Å².